The van der Waals surface area contributed by atoms with Gasteiger partial charge in [-0.15, -0.1) is 0 Å². The zero-order valence-corrected chi connectivity index (χ0v) is 9.28. The molecular weight excluding hydrogens is 174 g/mol. The number of hydrogen-bond acceptors (Lipinski definition) is 3. The first kappa shape index (κ1) is 10.4. The van der Waals surface area contributed by atoms with Gasteiger partial charge in [0.2, 0.25) is 0 Å². The van der Waals surface area contributed by atoms with Crippen LogP contribution in [0, 0.1) is 0 Å². The summed E-state index contributed by atoms with van der Waals surface area (Å²) in [6.07, 6.45) is 5.38. The third-order valence-electron chi connectivity index (χ3n) is 3.60. The van der Waals surface area contributed by atoms with Crippen molar-refractivity contribution in [1.29, 1.82) is 0 Å². The van der Waals surface area contributed by atoms with Crippen LogP contribution in [-0.4, -0.2) is 55.1 Å². The van der Waals surface area contributed by atoms with E-state index in [-0.39, 0.29) is 0 Å². The molecule has 0 radical (unpaired) electrons. The van der Waals surface area contributed by atoms with Gasteiger partial charge in [0.1, 0.15) is 0 Å². The van der Waals surface area contributed by atoms with Crippen molar-refractivity contribution >= 4 is 0 Å². The summed E-state index contributed by atoms with van der Waals surface area (Å²) in [6, 6.07) is 1.74. The van der Waals surface area contributed by atoms with Crippen molar-refractivity contribution in [3.63, 3.8) is 0 Å². The maximum atomic E-state index is 5.52. The quantitative estimate of drug-likeness (QED) is 0.697. The van der Waals surface area contributed by atoms with Crippen LogP contribution >= 0.6 is 0 Å². The second-order valence-corrected chi connectivity index (χ2v) is 4.79. The molecule has 0 amide bonds. The fourth-order valence-corrected chi connectivity index (χ4v) is 2.42. The molecule has 0 aromatic rings. The number of rotatable bonds is 5. The molecule has 0 aromatic heterocycles. The summed E-state index contributed by atoms with van der Waals surface area (Å²) in [5, 5.41) is 0. The van der Waals surface area contributed by atoms with Crippen molar-refractivity contribution in [2.24, 2.45) is 5.73 Å². The van der Waals surface area contributed by atoms with Crippen LogP contribution in [-0.2, 0) is 0 Å². The average molecular weight is 197 g/mol. The highest BCUT2D eigenvalue weighted by molar-refractivity contribution is 4.92. The van der Waals surface area contributed by atoms with Gasteiger partial charge in [0.15, 0.2) is 0 Å². The Hall–Kier alpha value is -0.120. The first-order valence-electron chi connectivity index (χ1n) is 5.95. The maximum absolute atomic E-state index is 5.52. The van der Waals surface area contributed by atoms with Gasteiger partial charge in [0.05, 0.1) is 0 Å². The molecule has 0 spiro atoms. The van der Waals surface area contributed by atoms with Gasteiger partial charge < -0.3 is 10.6 Å². The largest absolute Gasteiger partial charge is 0.330 e. The fraction of sp³-hybridized carbons (Fsp3) is 1.00. The Kier molecular flexibility index (Phi) is 3.42. The van der Waals surface area contributed by atoms with E-state index in [0.717, 1.165) is 25.0 Å². The van der Waals surface area contributed by atoms with Crippen molar-refractivity contribution in [2.45, 2.75) is 37.8 Å². The average Bonchev–Trinajstić information content (AvgIpc) is 2.93. The van der Waals surface area contributed by atoms with E-state index >= 15 is 0 Å². The van der Waals surface area contributed by atoms with Gasteiger partial charge in [0, 0.05) is 25.2 Å². The Balaban J connectivity index is 1.70. The number of nitrogens with two attached hydrogens (primary N) is 1. The summed E-state index contributed by atoms with van der Waals surface area (Å²) in [6.45, 7) is 4.61. The van der Waals surface area contributed by atoms with E-state index in [1.165, 1.54) is 38.9 Å². The third kappa shape index (κ3) is 2.47. The normalized spacial score (nSPS) is 28.9. The van der Waals surface area contributed by atoms with Crippen LogP contribution in [0.15, 0.2) is 0 Å². The predicted molar refractivity (Wildman–Crippen MR) is 59.3 cm³/mol. The van der Waals surface area contributed by atoms with Gasteiger partial charge >= 0.3 is 0 Å². The Morgan fingerprint density at radius 3 is 2.79 bits per heavy atom. The number of hydrogen-bond donors (Lipinski definition) is 1. The molecule has 0 aromatic carbocycles. The van der Waals surface area contributed by atoms with Crippen LogP contribution in [0.5, 0.6) is 0 Å². The second kappa shape index (κ2) is 4.60. The summed E-state index contributed by atoms with van der Waals surface area (Å²) < 4.78 is 0. The maximum Gasteiger partial charge on any atom is 0.0232 e. The zero-order valence-electron chi connectivity index (χ0n) is 9.28. The van der Waals surface area contributed by atoms with E-state index in [9.17, 15) is 0 Å². The second-order valence-electron chi connectivity index (χ2n) is 4.79. The van der Waals surface area contributed by atoms with Crippen LogP contribution < -0.4 is 5.73 Å². The fourth-order valence-electron chi connectivity index (χ4n) is 2.42. The minimum atomic E-state index is 0.794. The van der Waals surface area contributed by atoms with Crippen LogP contribution in [0.2, 0.25) is 0 Å². The lowest BCUT2D eigenvalue weighted by Gasteiger charge is -2.24. The number of likely N-dealkylation sites (tertiary alicyclic amines) is 1. The lowest BCUT2D eigenvalue weighted by atomic mass is 10.2. The van der Waals surface area contributed by atoms with Crippen molar-refractivity contribution in [1.82, 2.24) is 9.80 Å². The summed E-state index contributed by atoms with van der Waals surface area (Å²) >= 11 is 0. The summed E-state index contributed by atoms with van der Waals surface area (Å²) in [5.41, 5.74) is 5.52. The summed E-state index contributed by atoms with van der Waals surface area (Å²) in [4.78, 5) is 5.17. The van der Waals surface area contributed by atoms with Crippen molar-refractivity contribution < 1.29 is 0 Å². The Bertz CT molecular complexity index is 179. The molecule has 1 heterocycles. The lowest BCUT2D eigenvalue weighted by Crippen LogP contribution is -2.36. The molecule has 2 N–H and O–H groups in total. The van der Waals surface area contributed by atoms with E-state index in [0.29, 0.717) is 0 Å². The Morgan fingerprint density at radius 1 is 1.36 bits per heavy atom. The topological polar surface area (TPSA) is 32.5 Å². The highest BCUT2D eigenvalue weighted by atomic mass is 15.3. The van der Waals surface area contributed by atoms with Gasteiger partial charge in [0.25, 0.3) is 0 Å². The van der Waals surface area contributed by atoms with Gasteiger partial charge in [-0.3, -0.25) is 4.90 Å². The minimum Gasteiger partial charge on any atom is -0.330 e. The van der Waals surface area contributed by atoms with Crippen molar-refractivity contribution in [3.05, 3.63) is 0 Å². The third-order valence-corrected chi connectivity index (χ3v) is 3.60. The van der Waals surface area contributed by atoms with Crippen molar-refractivity contribution in [2.75, 3.05) is 33.2 Å². The van der Waals surface area contributed by atoms with E-state index in [4.69, 9.17) is 5.73 Å². The molecule has 2 rings (SSSR count). The molecule has 1 aliphatic carbocycles. The van der Waals surface area contributed by atoms with Gasteiger partial charge in [-0.1, -0.05) is 0 Å². The first-order valence-corrected chi connectivity index (χ1v) is 5.95. The number of nitrogens with zero attached hydrogens (tertiary/aromatic N) is 2. The van der Waals surface area contributed by atoms with Crippen LogP contribution in [0.3, 0.4) is 0 Å². The molecule has 2 fully saturated rings. The SMILES string of the molecule is CN(CCCN)C1CCN(C2CC2)C1. The van der Waals surface area contributed by atoms with Crippen LogP contribution in [0.1, 0.15) is 25.7 Å². The summed E-state index contributed by atoms with van der Waals surface area (Å²) in [5.74, 6) is 0. The predicted octanol–water partition coefficient (Wildman–Crippen LogP) is 0.504. The molecule has 14 heavy (non-hydrogen) atoms. The van der Waals surface area contributed by atoms with Gasteiger partial charge in [-0.2, -0.15) is 0 Å². The first-order chi connectivity index (χ1) is 6.81. The molecule has 3 heteroatoms. The van der Waals surface area contributed by atoms with E-state index in [2.05, 4.69) is 16.8 Å². The molecule has 1 aliphatic heterocycles. The lowest BCUT2D eigenvalue weighted by molar-refractivity contribution is 0.228. The Labute approximate surface area is 87.2 Å². The highest BCUT2D eigenvalue weighted by Crippen LogP contribution is 2.30. The Morgan fingerprint density at radius 2 is 2.14 bits per heavy atom. The molecular formula is C11H23N3. The molecule has 82 valence electrons. The van der Waals surface area contributed by atoms with E-state index in [1.807, 2.05) is 0 Å². The molecule has 1 unspecified atom stereocenters. The smallest absolute Gasteiger partial charge is 0.0232 e. The molecule has 2 aliphatic rings. The van der Waals surface area contributed by atoms with E-state index in [1.54, 1.807) is 0 Å². The molecule has 0 bridgehead atoms. The molecule has 1 atom stereocenters. The molecule has 1 saturated heterocycles. The number of likely N-dealkylation sites (N-methyl/N-ethyl adjacent to an activating group) is 1. The zero-order chi connectivity index (χ0) is 9.97. The van der Waals surface area contributed by atoms with Gasteiger partial charge in [-0.05, 0) is 45.8 Å². The summed E-state index contributed by atoms with van der Waals surface area (Å²) in [7, 11) is 2.25. The monoisotopic (exact) mass is 197 g/mol. The molecule has 1 saturated carbocycles. The van der Waals surface area contributed by atoms with Crippen LogP contribution in [0.25, 0.3) is 0 Å². The molecule has 3 nitrogen and oxygen atoms in total. The van der Waals surface area contributed by atoms with E-state index < -0.39 is 0 Å². The highest BCUT2D eigenvalue weighted by Gasteiger charge is 2.35. The minimum absolute atomic E-state index is 0.794. The van der Waals surface area contributed by atoms with Crippen molar-refractivity contribution in [3.8, 4) is 0 Å². The van der Waals surface area contributed by atoms with Crippen LogP contribution in [0.4, 0.5) is 0 Å². The van der Waals surface area contributed by atoms with Gasteiger partial charge in [-0.25, -0.2) is 0 Å². The standard InChI is InChI=1S/C11H23N3/c1-13(7-2-6-12)11-5-8-14(9-11)10-3-4-10/h10-11H,2-9,12H2,1H3.